The highest BCUT2D eigenvalue weighted by Gasteiger charge is 2.43. The first kappa shape index (κ1) is 18.3. The number of anilines is 1. The lowest BCUT2D eigenvalue weighted by Gasteiger charge is -2.51. The highest BCUT2D eigenvalue weighted by atomic mass is 16.5. The van der Waals surface area contributed by atoms with Gasteiger partial charge in [0.25, 0.3) is 0 Å². The molecule has 5 heterocycles. The number of nitrogens with zero attached hydrogens (tertiary/aromatic N) is 6. The maximum atomic E-state index is 10.6. The van der Waals surface area contributed by atoms with Crippen LogP contribution in [0.15, 0.2) is 12.4 Å². The maximum absolute atomic E-state index is 10.6. The molecule has 8 heteroatoms. The SMILES string of the molecule is Cc1cc(N2CCC3(CC2)CC(O)CN(C2CCOCC2)C3)c2nncn2n1. The number of aryl methyl sites for hydroxylation is 1. The van der Waals surface area contributed by atoms with E-state index in [4.69, 9.17) is 4.74 Å². The summed E-state index contributed by atoms with van der Waals surface area (Å²) >= 11 is 0. The third kappa shape index (κ3) is 3.38. The fourth-order valence-electron chi connectivity index (χ4n) is 5.47. The molecule has 1 spiro atoms. The molecule has 152 valence electrons. The molecule has 0 aliphatic carbocycles. The Labute approximate surface area is 165 Å². The molecule has 0 saturated carbocycles. The van der Waals surface area contributed by atoms with Crippen molar-refractivity contribution in [1.82, 2.24) is 24.7 Å². The van der Waals surface area contributed by atoms with Gasteiger partial charge in [-0.15, -0.1) is 10.2 Å². The summed E-state index contributed by atoms with van der Waals surface area (Å²) in [4.78, 5) is 4.98. The number of likely N-dealkylation sites (tertiary alicyclic amines) is 1. The predicted molar refractivity (Wildman–Crippen MR) is 105 cm³/mol. The van der Waals surface area contributed by atoms with Crippen LogP contribution in [0.5, 0.6) is 0 Å². The molecule has 0 radical (unpaired) electrons. The summed E-state index contributed by atoms with van der Waals surface area (Å²) in [7, 11) is 0. The molecule has 0 aromatic carbocycles. The second kappa shape index (κ2) is 7.24. The first-order chi connectivity index (χ1) is 13.6. The molecule has 28 heavy (non-hydrogen) atoms. The van der Waals surface area contributed by atoms with E-state index < -0.39 is 0 Å². The predicted octanol–water partition coefficient (Wildman–Crippen LogP) is 1.26. The second-order valence-electron chi connectivity index (χ2n) is 8.89. The third-order valence-electron chi connectivity index (χ3n) is 6.90. The summed E-state index contributed by atoms with van der Waals surface area (Å²) in [5.41, 5.74) is 3.14. The molecule has 2 aromatic heterocycles. The van der Waals surface area contributed by atoms with Crippen molar-refractivity contribution < 1.29 is 9.84 Å². The average Bonchev–Trinajstić information content (AvgIpc) is 3.16. The smallest absolute Gasteiger partial charge is 0.200 e. The fraction of sp³-hybridized carbons (Fsp3) is 0.750. The summed E-state index contributed by atoms with van der Waals surface area (Å²) in [6.07, 6.45) is 6.77. The van der Waals surface area contributed by atoms with Crippen molar-refractivity contribution in [3.05, 3.63) is 18.1 Å². The van der Waals surface area contributed by atoms with Crippen molar-refractivity contribution in [2.24, 2.45) is 5.41 Å². The van der Waals surface area contributed by atoms with Crippen LogP contribution >= 0.6 is 0 Å². The highest BCUT2D eigenvalue weighted by molar-refractivity contribution is 5.68. The molecular formula is C20H30N6O2. The van der Waals surface area contributed by atoms with Crippen molar-refractivity contribution >= 4 is 11.3 Å². The van der Waals surface area contributed by atoms with Crippen LogP contribution in [0, 0.1) is 12.3 Å². The summed E-state index contributed by atoms with van der Waals surface area (Å²) < 4.78 is 7.31. The minimum Gasteiger partial charge on any atom is -0.392 e. The number of ether oxygens (including phenoxy) is 1. The average molecular weight is 387 g/mol. The van der Waals surface area contributed by atoms with Crippen molar-refractivity contribution in [3.63, 3.8) is 0 Å². The van der Waals surface area contributed by atoms with Gasteiger partial charge in [0.1, 0.15) is 6.33 Å². The lowest BCUT2D eigenvalue weighted by molar-refractivity contribution is -0.0601. The van der Waals surface area contributed by atoms with Gasteiger partial charge in [-0.3, -0.25) is 4.90 Å². The number of aliphatic hydroxyl groups excluding tert-OH is 1. The van der Waals surface area contributed by atoms with Gasteiger partial charge in [-0.05, 0) is 50.5 Å². The Morgan fingerprint density at radius 3 is 2.79 bits per heavy atom. The molecule has 3 fully saturated rings. The van der Waals surface area contributed by atoms with E-state index in [2.05, 4.69) is 31.2 Å². The summed E-state index contributed by atoms with van der Waals surface area (Å²) in [5.74, 6) is 0. The fourth-order valence-corrected chi connectivity index (χ4v) is 5.47. The van der Waals surface area contributed by atoms with Crippen LogP contribution < -0.4 is 4.90 Å². The number of aliphatic hydroxyl groups is 1. The first-order valence-electron chi connectivity index (χ1n) is 10.5. The number of hydrogen-bond donors (Lipinski definition) is 1. The van der Waals surface area contributed by atoms with Gasteiger partial charge in [0.15, 0.2) is 0 Å². The second-order valence-corrected chi connectivity index (χ2v) is 8.89. The van der Waals surface area contributed by atoms with Gasteiger partial charge in [-0.1, -0.05) is 0 Å². The number of aromatic nitrogens is 4. The zero-order chi connectivity index (χ0) is 19.1. The molecule has 8 nitrogen and oxygen atoms in total. The van der Waals surface area contributed by atoms with E-state index in [1.54, 1.807) is 10.8 Å². The lowest BCUT2D eigenvalue weighted by atomic mass is 9.71. The van der Waals surface area contributed by atoms with E-state index in [9.17, 15) is 5.11 Å². The first-order valence-corrected chi connectivity index (χ1v) is 10.5. The summed E-state index contributed by atoms with van der Waals surface area (Å²) in [6.45, 7) is 7.62. The Balaban J connectivity index is 1.32. The van der Waals surface area contributed by atoms with Gasteiger partial charge >= 0.3 is 0 Å². The Kier molecular flexibility index (Phi) is 4.72. The lowest BCUT2D eigenvalue weighted by Crippen LogP contribution is -2.57. The molecular weight excluding hydrogens is 356 g/mol. The van der Waals surface area contributed by atoms with Crippen LogP contribution in [0.1, 0.15) is 37.8 Å². The Morgan fingerprint density at radius 1 is 1.21 bits per heavy atom. The van der Waals surface area contributed by atoms with Crippen molar-refractivity contribution in [3.8, 4) is 0 Å². The minimum atomic E-state index is -0.213. The highest BCUT2D eigenvalue weighted by Crippen LogP contribution is 2.42. The Hall–Kier alpha value is -1.77. The monoisotopic (exact) mass is 386 g/mol. The zero-order valence-corrected chi connectivity index (χ0v) is 16.6. The van der Waals surface area contributed by atoms with Crippen molar-refractivity contribution in [2.75, 3.05) is 44.3 Å². The Bertz CT molecular complexity index is 825. The van der Waals surface area contributed by atoms with Gasteiger partial charge in [0.05, 0.1) is 17.5 Å². The van der Waals surface area contributed by atoms with E-state index in [-0.39, 0.29) is 11.5 Å². The van der Waals surface area contributed by atoms with Crippen LogP contribution in [-0.4, -0.2) is 81.4 Å². The summed E-state index contributed by atoms with van der Waals surface area (Å²) in [5, 5.41) is 23.4. The van der Waals surface area contributed by atoms with Crippen LogP contribution in [0.2, 0.25) is 0 Å². The van der Waals surface area contributed by atoms with Gasteiger partial charge in [-0.2, -0.15) is 9.61 Å². The molecule has 1 N–H and O–H groups in total. The number of piperidine rings is 2. The number of fused-ring (bicyclic) bond motifs is 1. The van der Waals surface area contributed by atoms with Crippen LogP contribution in [0.25, 0.3) is 5.65 Å². The van der Waals surface area contributed by atoms with E-state index in [1.165, 1.54) is 0 Å². The van der Waals surface area contributed by atoms with E-state index >= 15 is 0 Å². The minimum absolute atomic E-state index is 0.213. The number of hydrogen-bond acceptors (Lipinski definition) is 7. The van der Waals surface area contributed by atoms with Gasteiger partial charge in [0.2, 0.25) is 5.65 Å². The van der Waals surface area contributed by atoms with Gasteiger partial charge in [0, 0.05) is 45.4 Å². The largest absolute Gasteiger partial charge is 0.392 e. The van der Waals surface area contributed by atoms with Crippen molar-refractivity contribution in [1.29, 1.82) is 0 Å². The quantitative estimate of drug-likeness (QED) is 0.832. The van der Waals surface area contributed by atoms with Crippen molar-refractivity contribution in [2.45, 2.75) is 51.2 Å². The standard InChI is InChI=1S/C20H30N6O2/c1-15-10-18(19-22-21-14-26(19)23-15)24-6-4-20(5-7-24)11-17(27)12-25(13-20)16-2-8-28-9-3-16/h10,14,16-17,27H,2-9,11-13H2,1H3. The third-order valence-corrected chi connectivity index (χ3v) is 6.90. The Morgan fingerprint density at radius 2 is 2.00 bits per heavy atom. The van der Waals surface area contributed by atoms with E-state index in [0.717, 1.165) is 88.5 Å². The van der Waals surface area contributed by atoms with Gasteiger partial charge < -0.3 is 14.7 Å². The number of β-amino-alcohol motifs (C(OH)–C–C–N with tert-alkyl or cyclic N) is 1. The molecule has 3 saturated heterocycles. The van der Waals surface area contributed by atoms with Crippen LogP contribution in [0.3, 0.4) is 0 Å². The van der Waals surface area contributed by atoms with E-state index in [0.29, 0.717) is 6.04 Å². The number of rotatable bonds is 2. The van der Waals surface area contributed by atoms with Crippen LogP contribution in [0.4, 0.5) is 5.69 Å². The molecule has 0 bridgehead atoms. The molecule has 1 atom stereocenters. The topological polar surface area (TPSA) is 79.0 Å². The summed E-state index contributed by atoms with van der Waals surface area (Å²) in [6, 6.07) is 2.68. The zero-order valence-electron chi connectivity index (χ0n) is 16.6. The molecule has 5 rings (SSSR count). The molecule has 3 aliphatic heterocycles. The normalized spacial score (nSPS) is 26.9. The molecule has 1 unspecified atom stereocenters. The molecule has 0 amide bonds. The maximum Gasteiger partial charge on any atom is 0.200 e. The van der Waals surface area contributed by atoms with Crippen LogP contribution in [-0.2, 0) is 4.74 Å². The van der Waals surface area contributed by atoms with Gasteiger partial charge in [-0.25, -0.2) is 0 Å². The van der Waals surface area contributed by atoms with E-state index in [1.807, 2.05) is 6.92 Å². The molecule has 2 aromatic rings. The molecule has 3 aliphatic rings.